The molecule has 0 spiro atoms. The van der Waals surface area contributed by atoms with Gasteiger partial charge >= 0.3 is 0 Å². The first-order valence-corrected chi connectivity index (χ1v) is 11.2. The lowest BCUT2D eigenvalue weighted by Crippen LogP contribution is -2.29. The van der Waals surface area contributed by atoms with Crippen molar-refractivity contribution in [3.05, 3.63) is 77.3 Å². The summed E-state index contributed by atoms with van der Waals surface area (Å²) in [5.74, 6) is 0.167. The van der Waals surface area contributed by atoms with Crippen LogP contribution in [0.1, 0.15) is 23.2 Å². The number of aryl methyl sites for hydroxylation is 1. The van der Waals surface area contributed by atoms with Crippen molar-refractivity contribution in [2.75, 3.05) is 13.1 Å². The van der Waals surface area contributed by atoms with Gasteiger partial charge in [-0.15, -0.1) is 0 Å². The Bertz CT molecular complexity index is 1420. The Balaban J connectivity index is 1.50. The summed E-state index contributed by atoms with van der Waals surface area (Å²) in [6.45, 7) is 4.60. The van der Waals surface area contributed by atoms with Crippen LogP contribution in [0.2, 0.25) is 0 Å². The van der Waals surface area contributed by atoms with Crippen LogP contribution in [0.5, 0.6) is 0 Å². The highest BCUT2D eigenvalue weighted by Crippen LogP contribution is 2.29. The predicted molar refractivity (Wildman–Crippen MR) is 129 cm³/mol. The van der Waals surface area contributed by atoms with Crippen LogP contribution in [0.25, 0.3) is 22.0 Å². The Morgan fingerprint density at radius 2 is 2.00 bits per heavy atom. The number of likely N-dealkylation sites (tertiary alicyclic amines) is 1. The number of rotatable bonds is 4. The second-order valence-electron chi connectivity index (χ2n) is 8.55. The van der Waals surface area contributed by atoms with E-state index in [1.165, 1.54) is 4.20 Å². The van der Waals surface area contributed by atoms with Crippen LogP contribution in [-0.2, 0) is 6.54 Å². The van der Waals surface area contributed by atoms with E-state index in [9.17, 15) is 0 Å². The topological polar surface area (TPSA) is 113 Å². The zero-order chi connectivity index (χ0) is 23.1. The second-order valence-corrected chi connectivity index (χ2v) is 8.90. The summed E-state index contributed by atoms with van der Waals surface area (Å²) in [7, 11) is 0. The third-order valence-corrected chi connectivity index (χ3v) is 6.37. The molecule has 0 aliphatic carbocycles. The number of nitrogens with two attached hydrogens (primary N) is 1. The largest absolute Gasteiger partial charge is 0.326 e. The molecule has 9 heteroatoms. The number of hydrogen-bond acceptors (Lipinski definition) is 6. The fourth-order valence-electron chi connectivity index (χ4n) is 4.42. The summed E-state index contributed by atoms with van der Waals surface area (Å²) < 4.78 is 2.84. The van der Waals surface area contributed by atoms with Gasteiger partial charge in [0.15, 0.2) is 5.84 Å². The van der Waals surface area contributed by atoms with E-state index in [4.69, 9.17) is 33.3 Å². The molecule has 8 nitrogen and oxygen atoms in total. The van der Waals surface area contributed by atoms with Gasteiger partial charge in [-0.05, 0) is 42.2 Å². The minimum atomic E-state index is 0.167. The third-order valence-electron chi connectivity index (χ3n) is 6.19. The molecule has 1 aliphatic heterocycles. The minimum absolute atomic E-state index is 0.167. The SMILES string of the molecule is Cc1c(-c2cnn(Cl)c2)ccc2ccc(C(=N)n3cc(CN4CCC(N)C4)ccc3=N)nc12. The summed E-state index contributed by atoms with van der Waals surface area (Å²) >= 11 is 5.94. The van der Waals surface area contributed by atoms with Crippen LogP contribution in [0.15, 0.2) is 55.0 Å². The molecule has 33 heavy (non-hydrogen) atoms. The van der Waals surface area contributed by atoms with E-state index < -0.39 is 0 Å². The van der Waals surface area contributed by atoms with Gasteiger partial charge in [0.2, 0.25) is 0 Å². The van der Waals surface area contributed by atoms with E-state index in [1.807, 2.05) is 43.5 Å². The van der Waals surface area contributed by atoms with E-state index in [0.29, 0.717) is 5.69 Å². The van der Waals surface area contributed by atoms with Gasteiger partial charge in [0.25, 0.3) is 0 Å². The van der Waals surface area contributed by atoms with Crippen molar-refractivity contribution in [1.29, 1.82) is 10.8 Å². The molecule has 1 aromatic carbocycles. The van der Waals surface area contributed by atoms with Gasteiger partial charge in [-0.2, -0.15) is 9.30 Å². The smallest absolute Gasteiger partial charge is 0.156 e. The van der Waals surface area contributed by atoms with Gasteiger partial charge in [0, 0.05) is 54.6 Å². The van der Waals surface area contributed by atoms with Crippen molar-refractivity contribution in [1.82, 2.24) is 23.8 Å². The Morgan fingerprint density at radius 3 is 2.73 bits per heavy atom. The van der Waals surface area contributed by atoms with Gasteiger partial charge in [-0.1, -0.05) is 24.3 Å². The average molecular weight is 461 g/mol. The Labute approximate surface area is 196 Å². The number of nitrogens with one attached hydrogen (secondary N) is 2. The van der Waals surface area contributed by atoms with Crippen molar-refractivity contribution in [2.45, 2.75) is 25.9 Å². The molecule has 1 fully saturated rings. The van der Waals surface area contributed by atoms with Crippen molar-refractivity contribution in [3.63, 3.8) is 0 Å². The lowest BCUT2D eigenvalue weighted by atomic mass is 10.00. The standard InChI is InChI=1S/C24H25ClN8/c1-15-20(18-10-29-33(25)13-18)5-3-17-4-6-21(30-23(15)17)24(28)32-12-16(2-7-22(32)27)11-31-9-8-19(26)14-31/h2-7,10,12-13,19,27-28H,8-9,11,14,26H2,1H3. The van der Waals surface area contributed by atoms with E-state index in [1.54, 1.807) is 23.0 Å². The van der Waals surface area contributed by atoms with E-state index in [-0.39, 0.29) is 17.4 Å². The Kier molecular flexibility index (Phi) is 5.57. The molecule has 0 bridgehead atoms. The number of benzene rings is 1. The lowest BCUT2D eigenvalue weighted by molar-refractivity contribution is 0.326. The van der Waals surface area contributed by atoms with Crippen LogP contribution in [0.3, 0.4) is 0 Å². The molecule has 1 unspecified atom stereocenters. The monoisotopic (exact) mass is 460 g/mol. The maximum absolute atomic E-state index is 8.81. The molecule has 168 valence electrons. The Morgan fingerprint density at radius 1 is 1.18 bits per heavy atom. The summed E-state index contributed by atoms with van der Waals surface area (Å²) in [6.07, 6.45) is 6.33. The van der Waals surface area contributed by atoms with Gasteiger partial charge in [-0.25, -0.2) is 4.98 Å². The number of hydrogen-bond donors (Lipinski definition) is 3. The molecule has 4 aromatic rings. The van der Waals surface area contributed by atoms with Crippen LogP contribution >= 0.6 is 11.8 Å². The van der Waals surface area contributed by atoms with Crippen LogP contribution in [-0.4, -0.2) is 48.7 Å². The molecule has 1 saturated heterocycles. The number of halogens is 1. The maximum Gasteiger partial charge on any atom is 0.156 e. The van der Waals surface area contributed by atoms with Gasteiger partial charge in [0.05, 0.1) is 17.9 Å². The summed E-state index contributed by atoms with van der Waals surface area (Å²) in [4.78, 5) is 7.12. The van der Waals surface area contributed by atoms with Crippen molar-refractivity contribution >= 4 is 28.5 Å². The first-order valence-electron chi connectivity index (χ1n) is 10.8. The van der Waals surface area contributed by atoms with E-state index in [2.05, 4.69) is 10.00 Å². The first-order chi connectivity index (χ1) is 15.9. The van der Waals surface area contributed by atoms with Gasteiger partial charge in [-0.3, -0.25) is 20.3 Å². The highest BCUT2D eigenvalue weighted by atomic mass is 35.5. The average Bonchev–Trinajstić information content (AvgIpc) is 3.42. The van der Waals surface area contributed by atoms with Crippen molar-refractivity contribution < 1.29 is 0 Å². The van der Waals surface area contributed by atoms with Crippen LogP contribution < -0.4 is 11.2 Å². The number of nitrogens with zero attached hydrogens (tertiary/aromatic N) is 5. The molecule has 5 rings (SSSR count). The minimum Gasteiger partial charge on any atom is -0.326 e. The molecule has 1 aliphatic rings. The zero-order valence-electron chi connectivity index (χ0n) is 18.3. The summed E-state index contributed by atoms with van der Waals surface area (Å²) in [6, 6.07) is 11.7. The predicted octanol–water partition coefficient (Wildman–Crippen LogP) is 3.10. The number of pyridine rings is 2. The van der Waals surface area contributed by atoms with Gasteiger partial charge in [0.1, 0.15) is 11.2 Å². The van der Waals surface area contributed by atoms with Crippen LogP contribution in [0.4, 0.5) is 0 Å². The molecule has 3 aromatic heterocycles. The highest BCUT2D eigenvalue weighted by molar-refractivity contribution is 6.14. The molecule has 1 atom stereocenters. The molecule has 0 radical (unpaired) electrons. The fourth-order valence-corrected chi connectivity index (χ4v) is 4.57. The van der Waals surface area contributed by atoms with E-state index >= 15 is 0 Å². The van der Waals surface area contributed by atoms with Crippen molar-refractivity contribution in [3.8, 4) is 11.1 Å². The summed E-state index contributed by atoms with van der Waals surface area (Å²) in [5, 5.41) is 22.2. The Hall–Kier alpha value is -3.33. The van der Waals surface area contributed by atoms with E-state index in [0.717, 1.165) is 59.2 Å². The lowest BCUT2D eigenvalue weighted by Gasteiger charge is -2.17. The number of aromatic nitrogens is 4. The number of fused-ring (bicyclic) bond motifs is 1. The third kappa shape index (κ3) is 4.20. The molecule has 0 saturated carbocycles. The molecule has 0 amide bonds. The second kappa shape index (κ2) is 8.55. The van der Waals surface area contributed by atoms with Gasteiger partial charge < -0.3 is 5.73 Å². The fraction of sp³-hybridized carbons (Fsp3) is 0.250. The molecule has 4 N–H and O–H groups in total. The van der Waals surface area contributed by atoms with Crippen molar-refractivity contribution in [2.24, 2.45) is 5.73 Å². The normalized spacial score (nSPS) is 16.5. The quantitative estimate of drug-likeness (QED) is 0.321. The summed E-state index contributed by atoms with van der Waals surface area (Å²) in [5.41, 5.74) is 11.5. The zero-order valence-corrected chi connectivity index (χ0v) is 19.0. The van der Waals surface area contributed by atoms with Crippen LogP contribution in [0, 0.1) is 17.7 Å². The first kappa shape index (κ1) is 21.5. The molecule has 4 heterocycles. The highest BCUT2D eigenvalue weighted by Gasteiger charge is 2.19. The molecular weight excluding hydrogens is 436 g/mol. The maximum atomic E-state index is 8.81. The molecular formula is C24H25ClN8.